The van der Waals surface area contributed by atoms with E-state index in [0.717, 1.165) is 41.6 Å². The molecule has 1 saturated heterocycles. The minimum atomic E-state index is -3.76. The van der Waals surface area contributed by atoms with Crippen LogP contribution in [0.2, 0.25) is 0 Å². The minimum Gasteiger partial charge on any atom is -0.336 e. The van der Waals surface area contributed by atoms with Gasteiger partial charge in [-0.15, -0.1) is 0 Å². The molecule has 1 heterocycles. The number of carbonyl (C=O) groups excluding carboxylic acids is 2. The molecule has 0 aromatic heterocycles. The molecule has 3 aromatic carbocycles. The Hall–Kier alpha value is -3.56. The molecule has 1 fully saturated rings. The van der Waals surface area contributed by atoms with Crippen LogP contribution in [-0.2, 0) is 22.8 Å². The van der Waals surface area contributed by atoms with Crippen LogP contribution in [0.4, 0.5) is 4.39 Å². The fraction of sp³-hybridized carbons (Fsp3) is 0.375. The lowest BCUT2D eigenvalue weighted by atomic mass is 9.97. The maximum Gasteiger partial charge on any atom is 0.254 e. The van der Waals surface area contributed by atoms with E-state index in [4.69, 9.17) is 0 Å². The van der Waals surface area contributed by atoms with Crippen molar-refractivity contribution in [2.45, 2.75) is 45.1 Å². The number of carbonyl (C=O) groups is 2. The number of hydrogen-bond donors (Lipinski definition) is 1. The predicted molar refractivity (Wildman–Crippen MR) is 159 cm³/mol. The third-order valence-corrected chi connectivity index (χ3v) is 8.67. The summed E-state index contributed by atoms with van der Waals surface area (Å²) in [5.74, 6) is -1.15. The molecule has 1 aliphatic heterocycles. The molecule has 0 bridgehead atoms. The second-order valence-electron chi connectivity index (χ2n) is 10.5. The second kappa shape index (κ2) is 13.0. The van der Waals surface area contributed by atoms with Gasteiger partial charge in [-0.3, -0.25) is 9.59 Å². The Morgan fingerprint density at radius 2 is 1.63 bits per heavy atom. The largest absolute Gasteiger partial charge is 0.336 e. The summed E-state index contributed by atoms with van der Waals surface area (Å²) >= 11 is 0. The molecule has 2 amide bonds. The second-order valence-corrected chi connectivity index (χ2v) is 12.5. The average Bonchev–Trinajstić information content (AvgIpc) is 2.97. The Kier molecular flexibility index (Phi) is 9.60. The summed E-state index contributed by atoms with van der Waals surface area (Å²) in [6.45, 7) is 9.45. The quantitative estimate of drug-likeness (QED) is 0.391. The Labute approximate surface area is 242 Å². The van der Waals surface area contributed by atoms with Gasteiger partial charge in [-0.1, -0.05) is 38.1 Å². The first-order valence-electron chi connectivity index (χ1n) is 14.1. The zero-order valence-corrected chi connectivity index (χ0v) is 25.0. The number of nitrogens with zero attached hydrogens (tertiary/aromatic N) is 2. The van der Waals surface area contributed by atoms with Crippen molar-refractivity contribution in [3.63, 3.8) is 0 Å². The summed E-state index contributed by atoms with van der Waals surface area (Å²) in [6, 6.07) is 16.3. The zero-order valence-electron chi connectivity index (χ0n) is 24.2. The van der Waals surface area contributed by atoms with Crippen molar-refractivity contribution in [1.29, 1.82) is 0 Å². The fourth-order valence-corrected chi connectivity index (χ4v) is 5.97. The number of halogens is 1. The highest BCUT2D eigenvalue weighted by Gasteiger charge is 2.25. The molecule has 4 rings (SSSR count). The minimum absolute atomic E-state index is 0.0313. The first-order chi connectivity index (χ1) is 19.5. The Morgan fingerprint density at radius 3 is 2.24 bits per heavy atom. The van der Waals surface area contributed by atoms with Gasteiger partial charge in [0.2, 0.25) is 0 Å². The van der Waals surface area contributed by atoms with E-state index < -0.39 is 20.5 Å². The lowest BCUT2D eigenvalue weighted by Crippen LogP contribution is -2.46. The number of benzene rings is 3. The van der Waals surface area contributed by atoms with Gasteiger partial charge in [-0.25, -0.2) is 12.8 Å². The van der Waals surface area contributed by atoms with Crippen LogP contribution in [0.1, 0.15) is 57.7 Å². The summed E-state index contributed by atoms with van der Waals surface area (Å²) in [5.41, 5.74) is 4.85. The molecule has 9 heteroatoms. The van der Waals surface area contributed by atoms with Gasteiger partial charge < -0.3 is 15.1 Å². The number of amides is 2. The first-order valence-corrected chi connectivity index (χ1v) is 15.9. The number of aryl methyl sites for hydroxylation is 1. The average molecular weight is 580 g/mol. The van der Waals surface area contributed by atoms with Crippen molar-refractivity contribution in [3.8, 4) is 11.1 Å². The molecule has 0 unspecified atom stereocenters. The van der Waals surface area contributed by atoms with Gasteiger partial charge in [0, 0.05) is 62.2 Å². The van der Waals surface area contributed by atoms with E-state index in [-0.39, 0.29) is 29.4 Å². The summed E-state index contributed by atoms with van der Waals surface area (Å²) in [4.78, 5) is 29.7. The third-order valence-electron chi connectivity index (χ3n) is 7.55. The summed E-state index contributed by atoms with van der Waals surface area (Å²) in [7, 11) is -3.76. The zero-order chi connectivity index (χ0) is 29.7. The number of sulfone groups is 1. The summed E-state index contributed by atoms with van der Waals surface area (Å²) < 4.78 is 39.2. The van der Waals surface area contributed by atoms with Crippen LogP contribution >= 0.6 is 0 Å². The fourth-order valence-electron chi connectivity index (χ4n) is 5.21. The molecule has 1 aliphatic rings. The van der Waals surface area contributed by atoms with E-state index in [2.05, 4.69) is 5.32 Å². The molecule has 7 nitrogen and oxygen atoms in total. The SMILES string of the molecule is CCCN(Cc1cc(-c2ccc(C(=O)N3CCNCC3)cc2)ccc1C)C(=O)c1ccc(S(C)(=O)=O)c(F)c1CC. The Morgan fingerprint density at radius 1 is 0.976 bits per heavy atom. The number of piperazine rings is 1. The normalized spacial score (nSPS) is 13.7. The molecular weight excluding hydrogens is 541 g/mol. The number of rotatable bonds is 9. The van der Waals surface area contributed by atoms with Crippen LogP contribution in [0, 0.1) is 12.7 Å². The van der Waals surface area contributed by atoms with Gasteiger partial charge in [0.1, 0.15) is 10.7 Å². The molecule has 0 spiro atoms. The van der Waals surface area contributed by atoms with Crippen molar-refractivity contribution in [1.82, 2.24) is 15.1 Å². The van der Waals surface area contributed by atoms with Gasteiger partial charge in [0.15, 0.2) is 9.84 Å². The van der Waals surface area contributed by atoms with E-state index in [1.54, 1.807) is 11.8 Å². The molecular formula is C32H38FN3O4S. The van der Waals surface area contributed by atoms with Crippen LogP contribution < -0.4 is 5.32 Å². The van der Waals surface area contributed by atoms with Gasteiger partial charge in [-0.2, -0.15) is 0 Å². The highest BCUT2D eigenvalue weighted by Crippen LogP contribution is 2.27. The maximum atomic E-state index is 15.2. The molecule has 0 radical (unpaired) electrons. The summed E-state index contributed by atoms with van der Waals surface area (Å²) in [5, 5.41) is 3.26. The van der Waals surface area contributed by atoms with Crippen molar-refractivity contribution in [2.24, 2.45) is 0 Å². The highest BCUT2D eigenvalue weighted by molar-refractivity contribution is 7.90. The predicted octanol–water partition coefficient (Wildman–Crippen LogP) is 4.86. The molecule has 3 aromatic rings. The van der Waals surface area contributed by atoms with Crippen LogP contribution in [-0.4, -0.2) is 69.0 Å². The topological polar surface area (TPSA) is 86.8 Å². The highest BCUT2D eigenvalue weighted by atomic mass is 32.2. The van der Waals surface area contributed by atoms with Crippen LogP contribution in [0.25, 0.3) is 11.1 Å². The van der Waals surface area contributed by atoms with E-state index >= 15 is 4.39 Å². The van der Waals surface area contributed by atoms with Gasteiger partial charge in [0.25, 0.3) is 11.8 Å². The van der Waals surface area contributed by atoms with Crippen LogP contribution in [0.3, 0.4) is 0 Å². The number of hydrogen-bond acceptors (Lipinski definition) is 5. The van der Waals surface area contributed by atoms with Crippen LogP contribution in [0.15, 0.2) is 59.5 Å². The van der Waals surface area contributed by atoms with Crippen molar-refractivity contribution in [3.05, 3.63) is 88.2 Å². The molecule has 1 N–H and O–H groups in total. The van der Waals surface area contributed by atoms with Crippen molar-refractivity contribution < 1.29 is 22.4 Å². The van der Waals surface area contributed by atoms with Gasteiger partial charge >= 0.3 is 0 Å². The number of nitrogens with one attached hydrogen (secondary N) is 1. The van der Waals surface area contributed by atoms with E-state index in [1.807, 2.05) is 61.2 Å². The van der Waals surface area contributed by atoms with E-state index in [9.17, 15) is 18.0 Å². The standard InChI is InChI=1S/C32H38FN3O4S/c1-5-17-36(32(38)28-13-14-29(41(4,39)40)30(33)27(28)6-2)21-26-20-25(8-7-22(26)3)23-9-11-24(12-10-23)31(37)35-18-15-34-16-19-35/h7-14,20,34H,5-6,15-19,21H2,1-4H3. The molecule has 41 heavy (non-hydrogen) atoms. The van der Waals surface area contributed by atoms with Crippen LogP contribution in [0.5, 0.6) is 0 Å². The smallest absolute Gasteiger partial charge is 0.254 e. The lowest BCUT2D eigenvalue weighted by Gasteiger charge is -2.27. The first kappa shape index (κ1) is 30.4. The van der Waals surface area contributed by atoms with E-state index in [1.165, 1.54) is 12.1 Å². The molecule has 0 atom stereocenters. The molecule has 0 aliphatic carbocycles. The molecule has 0 saturated carbocycles. The lowest BCUT2D eigenvalue weighted by molar-refractivity contribution is 0.0731. The van der Waals surface area contributed by atoms with Crippen molar-refractivity contribution >= 4 is 21.7 Å². The Balaban J connectivity index is 1.59. The maximum absolute atomic E-state index is 15.2. The monoisotopic (exact) mass is 579 g/mol. The van der Waals surface area contributed by atoms with E-state index in [0.29, 0.717) is 38.2 Å². The van der Waals surface area contributed by atoms with Crippen molar-refractivity contribution in [2.75, 3.05) is 39.0 Å². The Bertz CT molecular complexity index is 1530. The summed E-state index contributed by atoms with van der Waals surface area (Å²) in [6.07, 6.45) is 1.86. The van der Waals surface area contributed by atoms with Gasteiger partial charge in [-0.05, 0) is 72.4 Å². The third kappa shape index (κ3) is 6.85. The van der Waals surface area contributed by atoms with Gasteiger partial charge in [0.05, 0.1) is 0 Å². The molecule has 218 valence electrons.